The van der Waals surface area contributed by atoms with Gasteiger partial charge in [0.15, 0.2) is 0 Å². The molecule has 0 spiro atoms. The third-order valence-corrected chi connectivity index (χ3v) is 2.02. The molecule has 1 aliphatic heterocycles. The maximum Gasteiger partial charge on any atom is 0.0741 e. The molecule has 0 aromatic heterocycles. The van der Waals surface area contributed by atoms with Gasteiger partial charge in [-0.1, -0.05) is 12.7 Å². The van der Waals surface area contributed by atoms with Crippen LogP contribution in [0.25, 0.3) is 0 Å². The largest absolute Gasteiger partial charge is 0.343 e. The number of hydrogen-bond acceptors (Lipinski definition) is 2. The number of hydrogen-bond donors (Lipinski definition) is 0. The van der Waals surface area contributed by atoms with Gasteiger partial charge in [0.05, 0.1) is 5.70 Å². The van der Waals surface area contributed by atoms with Crippen molar-refractivity contribution in [1.82, 2.24) is 9.80 Å². The third-order valence-electron chi connectivity index (χ3n) is 2.02. The number of nitrogens with zero attached hydrogens (tertiary/aromatic N) is 2. The van der Waals surface area contributed by atoms with E-state index in [0.29, 0.717) is 0 Å². The Morgan fingerprint density at radius 1 is 1.50 bits per heavy atom. The molecule has 0 bridgehead atoms. The fourth-order valence-electron chi connectivity index (χ4n) is 1.34. The smallest absolute Gasteiger partial charge is 0.0741 e. The molecule has 2 nitrogen and oxygen atoms in total. The molecule has 0 aromatic carbocycles. The summed E-state index contributed by atoms with van der Waals surface area (Å²) in [5.74, 6) is 0. The van der Waals surface area contributed by atoms with E-state index in [4.69, 9.17) is 0 Å². The Labute approximate surface area is 74.5 Å². The minimum absolute atomic E-state index is 0.952. The van der Waals surface area contributed by atoms with Crippen LogP contribution in [0.5, 0.6) is 0 Å². The monoisotopic (exact) mass is 164 g/mol. The van der Waals surface area contributed by atoms with Crippen molar-refractivity contribution in [2.45, 2.75) is 6.92 Å². The lowest BCUT2D eigenvalue weighted by Gasteiger charge is -2.32. The van der Waals surface area contributed by atoms with Crippen molar-refractivity contribution in [3.63, 3.8) is 0 Å². The molecule has 1 saturated heterocycles. The molecule has 2 heteroatoms. The van der Waals surface area contributed by atoms with Gasteiger partial charge in [0.1, 0.15) is 0 Å². The van der Waals surface area contributed by atoms with E-state index >= 15 is 0 Å². The van der Waals surface area contributed by atoms with Crippen LogP contribution in [-0.2, 0) is 0 Å². The van der Waals surface area contributed by atoms with Gasteiger partial charge in [-0.2, -0.15) is 0 Å². The maximum atomic E-state index is 3.69. The van der Waals surface area contributed by atoms with Crippen LogP contribution < -0.4 is 0 Å². The van der Waals surface area contributed by atoms with Crippen molar-refractivity contribution in [3.05, 3.63) is 30.3 Å². The lowest BCUT2D eigenvalue weighted by atomic mass is 10.3. The highest BCUT2D eigenvalue weighted by Gasteiger charge is 2.14. The summed E-state index contributed by atoms with van der Waals surface area (Å²) < 4.78 is 0. The first-order chi connectivity index (χ1) is 5.77. The van der Waals surface area contributed by atoms with Gasteiger partial charge in [-0.3, -0.25) is 4.90 Å². The molecule has 66 valence electrons. The van der Waals surface area contributed by atoms with Crippen molar-refractivity contribution in [3.8, 4) is 0 Å². The van der Waals surface area contributed by atoms with Gasteiger partial charge in [0, 0.05) is 25.8 Å². The second-order valence-corrected chi connectivity index (χ2v) is 3.04. The van der Waals surface area contributed by atoms with Crippen molar-refractivity contribution >= 4 is 0 Å². The first-order valence-electron chi connectivity index (χ1n) is 4.25. The molecule has 0 amide bonds. The molecule has 0 unspecified atom stereocenters. The van der Waals surface area contributed by atoms with Crippen LogP contribution in [0.1, 0.15) is 6.92 Å². The minimum atomic E-state index is 0.952. The highest BCUT2D eigenvalue weighted by molar-refractivity contribution is 5.08. The van der Waals surface area contributed by atoms with Crippen molar-refractivity contribution in [2.75, 3.05) is 26.7 Å². The molecule has 1 heterocycles. The Hall–Kier alpha value is -0.980. The first kappa shape index (κ1) is 9.11. The topological polar surface area (TPSA) is 6.48 Å². The standard InChI is InChI=1S/C10H16N2/c1-4-6-12-8-7-11(3)9-10(12)5-2/h4,6H,2,7-9H2,1,3H3/b6-4-. The second-order valence-electron chi connectivity index (χ2n) is 3.04. The van der Waals surface area contributed by atoms with Crippen molar-refractivity contribution < 1.29 is 0 Å². The zero-order valence-corrected chi connectivity index (χ0v) is 7.88. The van der Waals surface area contributed by atoms with Crippen molar-refractivity contribution in [2.24, 2.45) is 0 Å². The lowest BCUT2D eigenvalue weighted by Crippen LogP contribution is -2.39. The number of likely N-dealkylation sites (N-methyl/N-ethyl adjacent to an activating group) is 1. The van der Waals surface area contributed by atoms with E-state index in [1.807, 2.05) is 13.0 Å². The van der Waals surface area contributed by atoms with E-state index < -0.39 is 0 Å². The van der Waals surface area contributed by atoms with Gasteiger partial charge in [-0.25, -0.2) is 0 Å². The number of rotatable bonds is 1. The third kappa shape index (κ3) is 2.00. The molecule has 0 aliphatic carbocycles. The van der Waals surface area contributed by atoms with E-state index in [9.17, 15) is 0 Å². The van der Waals surface area contributed by atoms with Gasteiger partial charge >= 0.3 is 0 Å². The maximum absolute atomic E-state index is 3.69. The predicted molar refractivity (Wildman–Crippen MR) is 51.7 cm³/mol. The summed E-state index contributed by atoms with van der Waals surface area (Å²) in [7, 11) is 2.12. The summed E-state index contributed by atoms with van der Waals surface area (Å²) in [6, 6.07) is 0. The molecule has 1 aliphatic rings. The summed E-state index contributed by atoms with van der Waals surface area (Å²) in [5.41, 5.74) is 4.14. The summed E-state index contributed by atoms with van der Waals surface area (Å²) in [6.45, 7) is 8.81. The van der Waals surface area contributed by atoms with Crippen molar-refractivity contribution in [1.29, 1.82) is 0 Å². The summed E-state index contributed by atoms with van der Waals surface area (Å²) >= 11 is 0. The quantitative estimate of drug-likeness (QED) is 0.541. The second kappa shape index (κ2) is 4.15. The Morgan fingerprint density at radius 3 is 2.83 bits per heavy atom. The Morgan fingerprint density at radius 2 is 2.25 bits per heavy atom. The SMILES string of the molecule is C=C=C1CN(C)CCN1/C=C\C. The molecule has 0 aromatic rings. The van der Waals surface area contributed by atoms with E-state index in [1.165, 1.54) is 5.70 Å². The van der Waals surface area contributed by atoms with E-state index in [2.05, 4.69) is 35.4 Å². The molecule has 0 atom stereocenters. The summed E-state index contributed by atoms with van der Waals surface area (Å²) in [6.07, 6.45) is 4.13. The molecule has 0 N–H and O–H groups in total. The average Bonchev–Trinajstić information content (AvgIpc) is 2.08. The fourth-order valence-corrected chi connectivity index (χ4v) is 1.34. The molecule has 1 fully saturated rings. The van der Waals surface area contributed by atoms with Crippen LogP contribution in [0.3, 0.4) is 0 Å². The minimum Gasteiger partial charge on any atom is -0.343 e. The Kier molecular flexibility index (Phi) is 3.15. The highest BCUT2D eigenvalue weighted by Crippen LogP contribution is 2.10. The number of allylic oxidation sites excluding steroid dienone is 1. The molecular formula is C10H16N2. The number of piperazine rings is 1. The summed E-state index contributed by atoms with van der Waals surface area (Å²) in [5, 5.41) is 0. The lowest BCUT2D eigenvalue weighted by molar-refractivity contribution is 0.246. The Bertz CT molecular complexity index is 224. The molecule has 1 rings (SSSR count). The first-order valence-corrected chi connectivity index (χ1v) is 4.25. The normalized spacial score (nSPS) is 20.2. The highest BCUT2D eigenvalue weighted by atomic mass is 15.2. The van der Waals surface area contributed by atoms with Gasteiger partial charge in [0.25, 0.3) is 0 Å². The Balaban J connectivity index is 2.70. The van der Waals surface area contributed by atoms with Crippen LogP contribution in [0.15, 0.2) is 30.3 Å². The summed E-state index contributed by atoms with van der Waals surface area (Å²) in [4.78, 5) is 4.47. The predicted octanol–water partition coefficient (Wildman–Crippen LogP) is 1.44. The average molecular weight is 164 g/mol. The van der Waals surface area contributed by atoms with Gasteiger partial charge in [0.2, 0.25) is 0 Å². The van der Waals surface area contributed by atoms with Gasteiger partial charge in [-0.15, -0.1) is 5.73 Å². The van der Waals surface area contributed by atoms with E-state index in [0.717, 1.165) is 19.6 Å². The van der Waals surface area contributed by atoms with Crippen LogP contribution in [0.2, 0.25) is 0 Å². The molecule has 12 heavy (non-hydrogen) atoms. The zero-order chi connectivity index (χ0) is 8.97. The van der Waals surface area contributed by atoms with Crippen LogP contribution >= 0.6 is 0 Å². The molecule has 0 saturated carbocycles. The van der Waals surface area contributed by atoms with E-state index in [-0.39, 0.29) is 0 Å². The molecular weight excluding hydrogens is 148 g/mol. The van der Waals surface area contributed by atoms with E-state index in [1.54, 1.807) is 0 Å². The molecule has 0 radical (unpaired) electrons. The van der Waals surface area contributed by atoms with Crippen LogP contribution in [0, 0.1) is 0 Å². The van der Waals surface area contributed by atoms with Crippen LogP contribution in [0.4, 0.5) is 0 Å². The van der Waals surface area contributed by atoms with Gasteiger partial charge in [-0.05, 0) is 14.0 Å². The van der Waals surface area contributed by atoms with Gasteiger partial charge < -0.3 is 4.90 Å². The van der Waals surface area contributed by atoms with Crippen LogP contribution in [-0.4, -0.2) is 36.5 Å². The zero-order valence-electron chi connectivity index (χ0n) is 7.88. The fraction of sp³-hybridized carbons (Fsp3) is 0.500.